The van der Waals surface area contributed by atoms with Gasteiger partial charge in [-0.2, -0.15) is 0 Å². The number of hydrogen-bond donors (Lipinski definition) is 0. The van der Waals surface area contributed by atoms with Crippen molar-refractivity contribution in [3.8, 4) is 0 Å². The minimum Gasteiger partial charge on any atom is -0.444 e. The predicted molar refractivity (Wildman–Crippen MR) is 85.7 cm³/mol. The zero-order valence-corrected chi connectivity index (χ0v) is 15.6. The Morgan fingerprint density at radius 3 is 2.60 bits per heavy atom. The first kappa shape index (κ1) is 18.4. The Morgan fingerprint density at radius 1 is 1.32 bits per heavy atom. The Labute approximate surface area is 147 Å². The molecule has 3 aliphatic rings. The van der Waals surface area contributed by atoms with Crippen LogP contribution in [-0.4, -0.2) is 59.6 Å². The SMILES string of the molecule is C[C@@H]1[C@H]2OC(C)(C)O[C@H]2O[C@@H]1C[C@H]1CN(C(=O)OC(C)(C)C)C(=O)O1. The topological polar surface area (TPSA) is 83.5 Å². The number of fused-ring (bicyclic) bond motifs is 1. The Bertz CT molecular complexity index is 556. The van der Waals surface area contributed by atoms with E-state index in [0.29, 0.717) is 6.42 Å². The summed E-state index contributed by atoms with van der Waals surface area (Å²) < 4.78 is 28.1. The minimum absolute atomic E-state index is 0.0982. The molecule has 0 saturated carbocycles. The maximum Gasteiger partial charge on any atom is 0.419 e. The first-order chi connectivity index (χ1) is 11.5. The number of hydrogen-bond acceptors (Lipinski definition) is 7. The number of imide groups is 1. The van der Waals surface area contributed by atoms with Gasteiger partial charge in [-0.15, -0.1) is 0 Å². The number of amides is 2. The van der Waals surface area contributed by atoms with Gasteiger partial charge in [0.15, 0.2) is 12.1 Å². The monoisotopic (exact) mass is 357 g/mol. The number of cyclic esters (lactones) is 1. The van der Waals surface area contributed by atoms with Gasteiger partial charge in [0.25, 0.3) is 0 Å². The van der Waals surface area contributed by atoms with E-state index in [-0.39, 0.29) is 24.7 Å². The van der Waals surface area contributed by atoms with Gasteiger partial charge in [-0.25, -0.2) is 14.5 Å². The highest BCUT2D eigenvalue weighted by molar-refractivity contribution is 5.89. The lowest BCUT2D eigenvalue weighted by Crippen LogP contribution is -2.38. The van der Waals surface area contributed by atoms with Crippen LogP contribution in [0.15, 0.2) is 0 Å². The maximum atomic E-state index is 12.1. The summed E-state index contributed by atoms with van der Waals surface area (Å²) in [5.41, 5.74) is -0.669. The van der Waals surface area contributed by atoms with E-state index in [4.69, 9.17) is 23.7 Å². The summed E-state index contributed by atoms with van der Waals surface area (Å²) in [5, 5.41) is 0. The van der Waals surface area contributed by atoms with Crippen molar-refractivity contribution in [1.82, 2.24) is 4.90 Å². The third-order valence-corrected chi connectivity index (χ3v) is 4.48. The fraction of sp³-hybridized carbons (Fsp3) is 0.882. The molecule has 0 N–H and O–H groups in total. The van der Waals surface area contributed by atoms with Crippen LogP contribution in [0.4, 0.5) is 9.59 Å². The minimum atomic E-state index is -0.689. The molecule has 0 unspecified atom stereocenters. The van der Waals surface area contributed by atoms with Crippen LogP contribution in [0, 0.1) is 5.92 Å². The second kappa shape index (κ2) is 6.10. The van der Waals surface area contributed by atoms with Crippen LogP contribution >= 0.6 is 0 Å². The molecule has 0 aliphatic carbocycles. The molecule has 5 atom stereocenters. The molecule has 142 valence electrons. The average Bonchev–Trinajstić information content (AvgIpc) is 3.02. The molecular weight excluding hydrogens is 330 g/mol. The highest BCUT2D eigenvalue weighted by atomic mass is 16.8. The number of rotatable bonds is 2. The van der Waals surface area contributed by atoms with Crippen molar-refractivity contribution in [3.05, 3.63) is 0 Å². The summed E-state index contributed by atoms with van der Waals surface area (Å²) in [6.45, 7) is 11.1. The van der Waals surface area contributed by atoms with Crippen LogP contribution in [0.3, 0.4) is 0 Å². The first-order valence-corrected chi connectivity index (χ1v) is 8.67. The molecule has 3 aliphatic heterocycles. The van der Waals surface area contributed by atoms with Gasteiger partial charge in [0.05, 0.1) is 12.6 Å². The van der Waals surface area contributed by atoms with Crippen LogP contribution in [0.5, 0.6) is 0 Å². The summed E-state index contributed by atoms with van der Waals surface area (Å²) in [7, 11) is 0. The van der Waals surface area contributed by atoms with Gasteiger partial charge in [0, 0.05) is 12.3 Å². The molecule has 0 aromatic rings. The highest BCUT2D eigenvalue weighted by Gasteiger charge is 2.53. The maximum absolute atomic E-state index is 12.1. The van der Waals surface area contributed by atoms with Crippen molar-refractivity contribution in [1.29, 1.82) is 0 Å². The summed E-state index contributed by atoms with van der Waals surface area (Å²) in [4.78, 5) is 25.0. The molecule has 3 heterocycles. The van der Waals surface area contributed by atoms with Crippen LogP contribution in [0.2, 0.25) is 0 Å². The molecule has 8 heteroatoms. The lowest BCUT2D eigenvalue weighted by atomic mass is 9.96. The Morgan fingerprint density at radius 2 is 2.00 bits per heavy atom. The van der Waals surface area contributed by atoms with Crippen LogP contribution in [-0.2, 0) is 23.7 Å². The number of ether oxygens (including phenoxy) is 5. The first-order valence-electron chi connectivity index (χ1n) is 8.67. The molecule has 25 heavy (non-hydrogen) atoms. The Balaban J connectivity index is 1.55. The van der Waals surface area contributed by atoms with E-state index in [1.807, 2.05) is 20.8 Å². The summed E-state index contributed by atoms with van der Waals surface area (Å²) in [5.74, 6) is -0.553. The fourth-order valence-electron chi connectivity index (χ4n) is 3.37. The molecule has 0 spiro atoms. The molecule has 0 bridgehead atoms. The van der Waals surface area contributed by atoms with Crippen LogP contribution in [0.25, 0.3) is 0 Å². The number of carbonyl (C=O) groups is 2. The van der Waals surface area contributed by atoms with Crippen molar-refractivity contribution in [2.75, 3.05) is 6.54 Å². The lowest BCUT2D eigenvalue weighted by molar-refractivity contribution is -0.211. The van der Waals surface area contributed by atoms with Gasteiger partial charge >= 0.3 is 12.2 Å². The molecular formula is C17H27NO7. The Hall–Kier alpha value is -1.38. The van der Waals surface area contributed by atoms with Gasteiger partial charge < -0.3 is 23.7 Å². The smallest absolute Gasteiger partial charge is 0.419 e. The molecule has 3 fully saturated rings. The normalized spacial score (nSPS) is 37.1. The molecule has 2 amide bonds. The Kier molecular flexibility index (Phi) is 4.50. The van der Waals surface area contributed by atoms with Gasteiger partial charge in [0.2, 0.25) is 0 Å². The summed E-state index contributed by atoms with van der Waals surface area (Å²) in [6.07, 6.45) is -2.04. The van der Waals surface area contributed by atoms with Crippen molar-refractivity contribution in [2.24, 2.45) is 5.92 Å². The average molecular weight is 357 g/mol. The standard InChI is InChI=1S/C17H27NO7/c1-9-11(22-13-12(9)23-17(5,6)24-13)7-10-8-18(14(19)21-10)15(20)25-16(2,3)4/h9-13H,7-8H2,1-6H3/t9-,10-,11+,12+,13+/m0/s1. The van der Waals surface area contributed by atoms with Gasteiger partial charge in [-0.05, 0) is 34.6 Å². The van der Waals surface area contributed by atoms with E-state index in [1.165, 1.54) is 0 Å². The van der Waals surface area contributed by atoms with Crippen molar-refractivity contribution >= 4 is 12.2 Å². The molecule has 0 aromatic heterocycles. The quantitative estimate of drug-likeness (QED) is 0.751. The van der Waals surface area contributed by atoms with Crippen molar-refractivity contribution in [2.45, 2.75) is 84.0 Å². The largest absolute Gasteiger partial charge is 0.444 e. The number of carbonyl (C=O) groups excluding carboxylic acids is 2. The lowest BCUT2D eigenvalue weighted by Gasteiger charge is -2.24. The van der Waals surface area contributed by atoms with Crippen LogP contribution in [0.1, 0.15) is 48.0 Å². The van der Waals surface area contributed by atoms with Crippen molar-refractivity contribution in [3.63, 3.8) is 0 Å². The molecule has 8 nitrogen and oxygen atoms in total. The number of nitrogens with zero attached hydrogens (tertiary/aromatic N) is 1. The summed E-state index contributed by atoms with van der Waals surface area (Å²) >= 11 is 0. The van der Waals surface area contributed by atoms with E-state index in [9.17, 15) is 9.59 Å². The van der Waals surface area contributed by atoms with E-state index in [0.717, 1.165) is 4.90 Å². The zero-order chi connectivity index (χ0) is 18.6. The van der Waals surface area contributed by atoms with E-state index in [1.54, 1.807) is 20.8 Å². The third-order valence-electron chi connectivity index (χ3n) is 4.48. The summed E-state index contributed by atoms with van der Waals surface area (Å²) in [6, 6.07) is 0. The second-order valence-electron chi connectivity index (χ2n) is 8.33. The molecule has 3 rings (SSSR count). The highest BCUT2D eigenvalue weighted by Crippen LogP contribution is 2.42. The van der Waals surface area contributed by atoms with Gasteiger partial charge in [-0.1, -0.05) is 6.92 Å². The van der Waals surface area contributed by atoms with Gasteiger partial charge in [-0.3, -0.25) is 0 Å². The third kappa shape index (κ3) is 3.91. The zero-order valence-electron chi connectivity index (χ0n) is 15.6. The molecule has 3 saturated heterocycles. The van der Waals surface area contributed by atoms with Crippen molar-refractivity contribution < 1.29 is 33.3 Å². The van der Waals surface area contributed by atoms with Crippen LogP contribution < -0.4 is 0 Å². The fourth-order valence-corrected chi connectivity index (χ4v) is 3.37. The molecule has 0 radical (unpaired) electrons. The second-order valence-corrected chi connectivity index (χ2v) is 8.33. The predicted octanol–water partition coefficient (Wildman–Crippen LogP) is 2.64. The van der Waals surface area contributed by atoms with E-state index >= 15 is 0 Å². The molecule has 0 aromatic carbocycles. The van der Waals surface area contributed by atoms with E-state index < -0.39 is 36.0 Å². The van der Waals surface area contributed by atoms with Gasteiger partial charge in [0.1, 0.15) is 17.8 Å². The van der Waals surface area contributed by atoms with E-state index in [2.05, 4.69) is 0 Å².